The summed E-state index contributed by atoms with van der Waals surface area (Å²) in [7, 11) is -0.210. The van der Waals surface area contributed by atoms with Gasteiger partial charge in [-0.15, -0.1) is 0 Å². The molecule has 10 heteroatoms. The van der Waals surface area contributed by atoms with Gasteiger partial charge in [0.15, 0.2) is 21.3 Å². The first-order valence-electron chi connectivity index (χ1n) is 9.58. The number of methoxy groups -OCH3 is 2. The van der Waals surface area contributed by atoms with Gasteiger partial charge in [0.1, 0.15) is 5.82 Å². The number of hydrogen-bond acceptors (Lipinski definition) is 6. The summed E-state index contributed by atoms with van der Waals surface area (Å²) in [5.41, 5.74) is 2.31. The molecule has 0 aliphatic carbocycles. The maximum atomic E-state index is 12.7. The van der Waals surface area contributed by atoms with Gasteiger partial charge in [0.2, 0.25) is 5.91 Å². The highest BCUT2D eigenvalue weighted by molar-refractivity contribution is 7.90. The Labute approximate surface area is 190 Å². The molecule has 0 bridgehead atoms. The van der Waals surface area contributed by atoms with Gasteiger partial charge in [-0.3, -0.25) is 4.79 Å². The Hall–Kier alpha value is -3.30. The van der Waals surface area contributed by atoms with E-state index >= 15 is 0 Å². The van der Waals surface area contributed by atoms with Crippen LogP contribution < -0.4 is 14.8 Å². The molecule has 3 aromatic rings. The second-order valence-electron chi connectivity index (χ2n) is 7.13. The summed E-state index contributed by atoms with van der Waals surface area (Å²) in [6.45, 7) is 0. The number of carbonyl (C=O) groups excluding carboxylic acids is 1. The highest BCUT2D eigenvalue weighted by atomic mass is 35.5. The van der Waals surface area contributed by atoms with Crippen LogP contribution in [0.3, 0.4) is 0 Å². The first kappa shape index (κ1) is 21.9. The van der Waals surface area contributed by atoms with Crippen LogP contribution in [0.25, 0.3) is 11.8 Å². The number of nitrogens with zero attached hydrogens (tertiary/aromatic N) is 2. The Kier molecular flexibility index (Phi) is 5.94. The number of aromatic nitrogens is 2. The molecule has 2 aromatic carbocycles. The lowest BCUT2D eigenvalue weighted by Crippen LogP contribution is -2.14. The van der Waals surface area contributed by atoms with Gasteiger partial charge in [-0.25, -0.2) is 13.1 Å². The molecule has 4 rings (SSSR count). The van der Waals surface area contributed by atoms with E-state index in [2.05, 4.69) is 10.4 Å². The van der Waals surface area contributed by atoms with Gasteiger partial charge in [0, 0.05) is 16.7 Å². The molecule has 1 aliphatic heterocycles. The Morgan fingerprint density at radius 3 is 2.50 bits per heavy atom. The van der Waals surface area contributed by atoms with E-state index in [9.17, 15) is 13.2 Å². The molecule has 0 fully saturated rings. The number of fused-ring (bicyclic) bond motifs is 1. The van der Waals surface area contributed by atoms with Gasteiger partial charge < -0.3 is 14.8 Å². The number of rotatable bonds is 6. The van der Waals surface area contributed by atoms with E-state index in [1.165, 1.54) is 17.9 Å². The highest BCUT2D eigenvalue weighted by Crippen LogP contribution is 2.33. The maximum Gasteiger partial charge on any atom is 0.249 e. The minimum atomic E-state index is -3.29. The Morgan fingerprint density at radius 1 is 1.09 bits per heavy atom. The van der Waals surface area contributed by atoms with E-state index in [-0.39, 0.29) is 11.5 Å². The zero-order valence-electron chi connectivity index (χ0n) is 17.3. The number of amides is 1. The van der Waals surface area contributed by atoms with E-state index in [1.54, 1.807) is 55.7 Å². The van der Waals surface area contributed by atoms with Gasteiger partial charge >= 0.3 is 0 Å². The minimum absolute atomic E-state index is 0.159. The fourth-order valence-corrected chi connectivity index (χ4v) is 5.05. The molecule has 0 spiro atoms. The van der Waals surface area contributed by atoms with Crippen molar-refractivity contribution in [3.8, 4) is 17.2 Å². The number of hydrogen-bond donors (Lipinski definition) is 1. The van der Waals surface area contributed by atoms with Crippen LogP contribution in [0, 0.1) is 0 Å². The van der Waals surface area contributed by atoms with Crippen molar-refractivity contribution in [3.63, 3.8) is 0 Å². The van der Waals surface area contributed by atoms with Crippen LogP contribution in [-0.4, -0.2) is 38.3 Å². The maximum absolute atomic E-state index is 12.7. The molecule has 0 unspecified atom stereocenters. The van der Waals surface area contributed by atoms with Crippen molar-refractivity contribution < 1.29 is 22.7 Å². The highest BCUT2D eigenvalue weighted by Gasteiger charge is 2.33. The summed E-state index contributed by atoms with van der Waals surface area (Å²) in [6, 6.07) is 12.1. The van der Waals surface area contributed by atoms with E-state index in [1.807, 2.05) is 0 Å². The zero-order valence-corrected chi connectivity index (χ0v) is 18.9. The molecule has 1 aromatic heterocycles. The fourth-order valence-electron chi connectivity index (χ4n) is 3.43. The molecule has 1 amide bonds. The van der Waals surface area contributed by atoms with Crippen LogP contribution in [0.15, 0.2) is 48.5 Å². The van der Waals surface area contributed by atoms with Gasteiger partial charge in [-0.2, -0.15) is 5.10 Å². The van der Waals surface area contributed by atoms with E-state index in [0.29, 0.717) is 39.3 Å². The van der Waals surface area contributed by atoms with Gasteiger partial charge in [-0.1, -0.05) is 17.7 Å². The largest absolute Gasteiger partial charge is 0.493 e. The third-order valence-corrected chi connectivity index (χ3v) is 6.63. The molecule has 1 aliphatic rings. The van der Waals surface area contributed by atoms with Crippen LogP contribution in [0.1, 0.15) is 16.8 Å². The summed E-state index contributed by atoms with van der Waals surface area (Å²) in [5, 5.41) is 7.76. The Balaban J connectivity index is 1.63. The molecule has 1 N–H and O–H groups in total. The van der Waals surface area contributed by atoms with Crippen LogP contribution in [0.4, 0.5) is 5.82 Å². The van der Waals surface area contributed by atoms with Crippen molar-refractivity contribution in [3.05, 3.63) is 70.4 Å². The molecular weight excluding hydrogens is 454 g/mol. The zero-order chi connectivity index (χ0) is 22.9. The summed E-state index contributed by atoms with van der Waals surface area (Å²) in [5.74, 6) is 0.682. The van der Waals surface area contributed by atoms with Crippen LogP contribution >= 0.6 is 11.6 Å². The summed E-state index contributed by atoms with van der Waals surface area (Å²) >= 11 is 5.97. The fraction of sp³-hybridized carbons (Fsp3) is 0.182. The summed E-state index contributed by atoms with van der Waals surface area (Å²) < 4.78 is 36.2. The molecule has 166 valence electrons. The quantitative estimate of drug-likeness (QED) is 0.549. The number of halogens is 1. The molecule has 32 heavy (non-hydrogen) atoms. The Morgan fingerprint density at radius 2 is 1.81 bits per heavy atom. The SMILES string of the molecule is COc1ccc(/C=C/C(=O)Nc2c3c(nn2-c2ccc(Cl)cc2)CS(=O)(=O)C3)cc1OC. The first-order chi connectivity index (χ1) is 15.3. The van der Waals surface area contributed by atoms with Crippen LogP contribution in [0.5, 0.6) is 11.5 Å². The number of nitrogens with one attached hydrogen (secondary N) is 1. The van der Waals surface area contributed by atoms with Crippen molar-refractivity contribution in [2.75, 3.05) is 19.5 Å². The topological polar surface area (TPSA) is 99.5 Å². The van der Waals surface area contributed by atoms with Crippen LogP contribution in [0.2, 0.25) is 5.02 Å². The second kappa shape index (κ2) is 8.68. The molecule has 0 radical (unpaired) electrons. The summed E-state index contributed by atoms with van der Waals surface area (Å²) in [6.07, 6.45) is 2.98. The van der Waals surface area contributed by atoms with Crippen molar-refractivity contribution in [1.29, 1.82) is 0 Å². The van der Waals surface area contributed by atoms with Gasteiger partial charge in [0.25, 0.3) is 0 Å². The number of ether oxygens (including phenoxy) is 2. The third kappa shape index (κ3) is 4.49. The first-order valence-corrected chi connectivity index (χ1v) is 11.8. The lowest BCUT2D eigenvalue weighted by atomic mass is 10.2. The molecule has 0 saturated carbocycles. The molecular formula is C22H20ClN3O5S. The predicted octanol–water partition coefficient (Wildman–Crippen LogP) is 3.62. The number of anilines is 1. The lowest BCUT2D eigenvalue weighted by molar-refractivity contribution is -0.111. The van der Waals surface area contributed by atoms with E-state index < -0.39 is 15.7 Å². The molecule has 2 heterocycles. The Bertz CT molecular complexity index is 1310. The number of benzene rings is 2. The van der Waals surface area contributed by atoms with Crippen molar-refractivity contribution in [1.82, 2.24) is 9.78 Å². The molecule has 0 atom stereocenters. The second-order valence-corrected chi connectivity index (χ2v) is 9.63. The van der Waals surface area contributed by atoms with Crippen molar-refractivity contribution >= 4 is 39.2 Å². The molecule has 8 nitrogen and oxygen atoms in total. The monoisotopic (exact) mass is 473 g/mol. The lowest BCUT2D eigenvalue weighted by Gasteiger charge is -2.10. The van der Waals surface area contributed by atoms with Crippen molar-refractivity contribution in [2.45, 2.75) is 11.5 Å². The summed E-state index contributed by atoms with van der Waals surface area (Å²) in [4.78, 5) is 12.7. The predicted molar refractivity (Wildman–Crippen MR) is 122 cm³/mol. The minimum Gasteiger partial charge on any atom is -0.493 e. The standard InChI is InChI=1S/C22H20ClN3O5S/c1-30-19-9-3-14(11-20(19)31-2)4-10-21(27)24-22-17-12-32(28,29)13-18(17)25-26(22)16-7-5-15(23)6-8-16/h3-11H,12-13H2,1-2H3,(H,24,27)/b10-4+. The van der Waals surface area contributed by atoms with E-state index in [0.717, 1.165) is 5.56 Å². The van der Waals surface area contributed by atoms with Crippen LogP contribution in [-0.2, 0) is 26.1 Å². The third-order valence-electron chi connectivity index (χ3n) is 4.94. The average Bonchev–Trinajstić information content (AvgIpc) is 3.24. The van der Waals surface area contributed by atoms with Gasteiger partial charge in [-0.05, 0) is 48.0 Å². The van der Waals surface area contributed by atoms with Gasteiger partial charge in [0.05, 0.1) is 37.1 Å². The normalized spacial score (nSPS) is 14.3. The van der Waals surface area contributed by atoms with Crippen molar-refractivity contribution in [2.24, 2.45) is 0 Å². The number of sulfone groups is 1. The smallest absolute Gasteiger partial charge is 0.249 e. The average molecular weight is 474 g/mol. The molecule has 0 saturated heterocycles. The number of carbonyl (C=O) groups is 1. The van der Waals surface area contributed by atoms with E-state index in [4.69, 9.17) is 21.1 Å².